The summed E-state index contributed by atoms with van der Waals surface area (Å²) in [4.78, 5) is 12.2. The molecule has 0 spiro atoms. The van der Waals surface area contributed by atoms with Crippen LogP contribution in [0.1, 0.15) is 41.6 Å². The summed E-state index contributed by atoms with van der Waals surface area (Å²) in [6, 6.07) is 2.33. The molecule has 1 aromatic rings. The minimum Gasteiger partial charge on any atom is -0.383 e. The highest BCUT2D eigenvalue weighted by atomic mass is 16.5. The van der Waals surface area contributed by atoms with Crippen molar-refractivity contribution in [3.63, 3.8) is 0 Å². The third-order valence-electron chi connectivity index (χ3n) is 3.32. The van der Waals surface area contributed by atoms with Gasteiger partial charge in [-0.15, -0.1) is 0 Å². The van der Waals surface area contributed by atoms with E-state index >= 15 is 0 Å². The maximum Gasteiger partial charge on any atom is 0.253 e. The molecule has 1 amide bonds. The van der Waals surface area contributed by atoms with Crippen LogP contribution < -0.4 is 10.6 Å². The molecule has 5 nitrogen and oxygen atoms in total. The summed E-state index contributed by atoms with van der Waals surface area (Å²) in [7, 11) is 1.67. The number of nitrogens with zero attached hydrogens (tertiary/aromatic N) is 1. The number of rotatable bonds is 8. The van der Waals surface area contributed by atoms with Crippen molar-refractivity contribution in [2.45, 2.75) is 33.7 Å². The van der Waals surface area contributed by atoms with Gasteiger partial charge in [0.1, 0.15) is 0 Å². The average Bonchev–Trinajstić information content (AvgIpc) is 2.68. The number of amides is 1. The van der Waals surface area contributed by atoms with Crippen LogP contribution in [0.15, 0.2) is 6.07 Å². The van der Waals surface area contributed by atoms with Crippen molar-refractivity contribution in [2.75, 3.05) is 33.4 Å². The first kappa shape index (κ1) is 16.7. The first-order valence-electron chi connectivity index (χ1n) is 7.15. The number of aromatic nitrogens is 1. The molecular formula is C15H27N3O2. The van der Waals surface area contributed by atoms with Gasteiger partial charge in [-0.1, -0.05) is 0 Å². The van der Waals surface area contributed by atoms with Gasteiger partial charge in [-0.05, 0) is 33.8 Å². The molecule has 0 atom stereocenters. The van der Waals surface area contributed by atoms with E-state index in [-0.39, 0.29) is 5.91 Å². The molecule has 114 valence electrons. The zero-order valence-corrected chi connectivity index (χ0v) is 13.2. The van der Waals surface area contributed by atoms with E-state index in [0.29, 0.717) is 19.2 Å². The van der Waals surface area contributed by atoms with E-state index in [1.807, 2.05) is 19.9 Å². The quantitative estimate of drug-likeness (QED) is 0.712. The van der Waals surface area contributed by atoms with Gasteiger partial charge in [0.25, 0.3) is 5.91 Å². The molecule has 1 rings (SSSR count). The molecule has 0 unspecified atom stereocenters. The zero-order chi connectivity index (χ0) is 15.1. The fourth-order valence-electron chi connectivity index (χ4n) is 2.46. The van der Waals surface area contributed by atoms with Crippen molar-refractivity contribution in [3.8, 4) is 0 Å². The number of methoxy groups -OCH3 is 1. The van der Waals surface area contributed by atoms with Gasteiger partial charge in [0, 0.05) is 44.2 Å². The highest BCUT2D eigenvalue weighted by Gasteiger charge is 2.16. The van der Waals surface area contributed by atoms with E-state index in [9.17, 15) is 4.79 Å². The number of carbonyl (C=O) groups excluding carboxylic acids is 1. The van der Waals surface area contributed by atoms with Gasteiger partial charge in [-0.2, -0.15) is 0 Å². The summed E-state index contributed by atoms with van der Waals surface area (Å²) in [6.07, 6.45) is 0. The Kier molecular flexibility index (Phi) is 6.75. The fraction of sp³-hybridized carbons (Fsp3) is 0.667. The van der Waals surface area contributed by atoms with Crippen LogP contribution in [0.25, 0.3) is 0 Å². The second kappa shape index (κ2) is 8.07. The molecule has 1 heterocycles. The molecule has 0 aliphatic carbocycles. The smallest absolute Gasteiger partial charge is 0.253 e. The molecule has 20 heavy (non-hydrogen) atoms. The Balaban J connectivity index is 2.50. The van der Waals surface area contributed by atoms with Crippen LogP contribution >= 0.6 is 0 Å². The Bertz CT molecular complexity index is 439. The maximum absolute atomic E-state index is 12.2. The Morgan fingerprint density at radius 1 is 1.30 bits per heavy atom. The van der Waals surface area contributed by atoms with Crippen molar-refractivity contribution >= 4 is 5.91 Å². The lowest BCUT2D eigenvalue weighted by Gasteiger charge is -2.13. The zero-order valence-electron chi connectivity index (χ0n) is 13.2. The number of ether oxygens (including phenoxy) is 1. The molecule has 0 saturated heterocycles. The lowest BCUT2D eigenvalue weighted by atomic mass is 10.2. The van der Waals surface area contributed by atoms with Crippen molar-refractivity contribution in [1.29, 1.82) is 0 Å². The number of hydrogen-bond donors (Lipinski definition) is 2. The largest absolute Gasteiger partial charge is 0.383 e. The first-order chi connectivity index (χ1) is 9.49. The molecular weight excluding hydrogens is 254 g/mol. The van der Waals surface area contributed by atoms with Crippen LogP contribution in [0, 0.1) is 13.8 Å². The van der Waals surface area contributed by atoms with Crippen LogP contribution in [0.5, 0.6) is 0 Å². The van der Waals surface area contributed by atoms with Gasteiger partial charge in [0.2, 0.25) is 0 Å². The van der Waals surface area contributed by atoms with E-state index in [0.717, 1.165) is 30.0 Å². The summed E-state index contributed by atoms with van der Waals surface area (Å²) < 4.78 is 7.13. The van der Waals surface area contributed by atoms with Crippen molar-refractivity contribution < 1.29 is 9.53 Å². The lowest BCUT2D eigenvalue weighted by molar-refractivity contribution is 0.0953. The third-order valence-corrected chi connectivity index (χ3v) is 3.32. The highest BCUT2D eigenvalue weighted by molar-refractivity contribution is 5.95. The molecule has 0 aromatic carbocycles. The molecule has 0 fully saturated rings. The normalized spacial score (nSPS) is 11.1. The Labute approximate surface area is 121 Å². The molecule has 0 bridgehead atoms. The molecule has 5 heteroatoms. The van der Waals surface area contributed by atoms with Gasteiger partial charge in [-0.25, -0.2) is 0 Å². The predicted molar refractivity (Wildman–Crippen MR) is 81.4 cm³/mol. The predicted octanol–water partition coefficient (Wildman–Crippen LogP) is 1.65. The van der Waals surface area contributed by atoms with E-state index in [2.05, 4.69) is 29.0 Å². The molecule has 1 aromatic heterocycles. The van der Waals surface area contributed by atoms with Crippen molar-refractivity contribution in [3.05, 3.63) is 23.0 Å². The summed E-state index contributed by atoms with van der Waals surface area (Å²) in [5.41, 5.74) is 2.93. The van der Waals surface area contributed by atoms with E-state index in [1.165, 1.54) is 0 Å². The SMILES string of the molecule is COCCNCCNC(=O)c1cc(C)n(C(C)C)c1C. The fourth-order valence-corrected chi connectivity index (χ4v) is 2.46. The highest BCUT2D eigenvalue weighted by Crippen LogP contribution is 2.19. The minimum atomic E-state index is -0.00135. The van der Waals surface area contributed by atoms with Crippen LogP contribution in [-0.2, 0) is 4.74 Å². The molecule has 0 saturated carbocycles. The Morgan fingerprint density at radius 3 is 2.55 bits per heavy atom. The summed E-state index contributed by atoms with van der Waals surface area (Å²) in [5, 5.41) is 6.14. The first-order valence-corrected chi connectivity index (χ1v) is 7.15. The number of carbonyl (C=O) groups is 1. The van der Waals surface area contributed by atoms with Gasteiger partial charge < -0.3 is 19.9 Å². The van der Waals surface area contributed by atoms with Gasteiger partial charge in [0.15, 0.2) is 0 Å². The standard InChI is InChI=1S/C15H27N3O2/c1-11(2)18-12(3)10-14(13(18)4)15(19)17-7-6-16-8-9-20-5/h10-11,16H,6-9H2,1-5H3,(H,17,19). The Hall–Kier alpha value is -1.33. The Morgan fingerprint density at radius 2 is 2.00 bits per heavy atom. The topological polar surface area (TPSA) is 55.3 Å². The van der Waals surface area contributed by atoms with E-state index in [4.69, 9.17) is 4.74 Å². The summed E-state index contributed by atoms with van der Waals surface area (Å²) in [5.74, 6) is -0.00135. The second-order valence-corrected chi connectivity index (χ2v) is 5.25. The summed E-state index contributed by atoms with van der Waals surface area (Å²) in [6.45, 7) is 11.1. The van der Waals surface area contributed by atoms with Crippen LogP contribution in [-0.4, -0.2) is 43.8 Å². The molecule has 0 aliphatic heterocycles. The van der Waals surface area contributed by atoms with Crippen molar-refractivity contribution in [2.24, 2.45) is 0 Å². The summed E-state index contributed by atoms with van der Waals surface area (Å²) >= 11 is 0. The number of aryl methyl sites for hydroxylation is 1. The second-order valence-electron chi connectivity index (χ2n) is 5.25. The molecule has 2 N–H and O–H groups in total. The lowest BCUT2D eigenvalue weighted by Crippen LogP contribution is -2.33. The van der Waals surface area contributed by atoms with Crippen LogP contribution in [0.3, 0.4) is 0 Å². The minimum absolute atomic E-state index is 0.00135. The third kappa shape index (κ3) is 4.35. The van der Waals surface area contributed by atoms with Gasteiger partial charge in [-0.3, -0.25) is 4.79 Å². The monoisotopic (exact) mass is 281 g/mol. The maximum atomic E-state index is 12.2. The van der Waals surface area contributed by atoms with E-state index in [1.54, 1.807) is 7.11 Å². The van der Waals surface area contributed by atoms with Gasteiger partial charge in [0.05, 0.1) is 12.2 Å². The molecule has 0 aliphatic rings. The van der Waals surface area contributed by atoms with Crippen molar-refractivity contribution in [1.82, 2.24) is 15.2 Å². The number of hydrogen-bond acceptors (Lipinski definition) is 3. The average molecular weight is 281 g/mol. The van der Waals surface area contributed by atoms with Gasteiger partial charge >= 0.3 is 0 Å². The number of nitrogens with one attached hydrogen (secondary N) is 2. The molecule has 0 radical (unpaired) electrons. The van der Waals surface area contributed by atoms with Crippen LogP contribution in [0.4, 0.5) is 0 Å². The van der Waals surface area contributed by atoms with Crippen LogP contribution in [0.2, 0.25) is 0 Å². The van der Waals surface area contributed by atoms with E-state index < -0.39 is 0 Å².